The highest BCUT2D eigenvalue weighted by molar-refractivity contribution is 5.91. The predicted octanol–water partition coefficient (Wildman–Crippen LogP) is 8.49. The number of anilines is 1. The summed E-state index contributed by atoms with van der Waals surface area (Å²) in [5.41, 5.74) is 3.01. The fourth-order valence-corrected chi connectivity index (χ4v) is 7.60. The van der Waals surface area contributed by atoms with Crippen LogP contribution in [-0.4, -0.2) is 106 Å². The Labute approximate surface area is 355 Å². The van der Waals surface area contributed by atoms with Crippen molar-refractivity contribution in [2.45, 2.75) is 175 Å². The van der Waals surface area contributed by atoms with Crippen LogP contribution in [0.3, 0.4) is 0 Å². The van der Waals surface area contributed by atoms with Crippen molar-refractivity contribution in [3.8, 4) is 5.75 Å². The summed E-state index contributed by atoms with van der Waals surface area (Å²) >= 11 is 0. The molecule has 12 heteroatoms. The molecule has 3 heterocycles. The number of para-hydroxylation sites is 1. The minimum Gasteiger partial charge on any atom is -0.462 e. The molecule has 4 unspecified atom stereocenters. The molecule has 59 heavy (non-hydrogen) atoms. The van der Waals surface area contributed by atoms with E-state index in [1.54, 1.807) is 12.1 Å². The van der Waals surface area contributed by atoms with E-state index in [9.17, 15) is 24.9 Å². The average molecular weight is 827 g/mol. The Kier molecular flexibility index (Phi) is 25.7. The van der Waals surface area contributed by atoms with Gasteiger partial charge in [0.2, 0.25) is 6.29 Å². The number of fused-ring (bicyclic) bond motifs is 1. The Hall–Kier alpha value is -3.71. The second-order valence-corrected chi connectivity index (χ2v) is 16.1. The van der Waals surface area contributed by atoms with Crippen LogP contribution < -0.4 is 15.4 Å². The number of rotatable bonds is 15. The maximum atomic E-state index is 13.0. The van der Waals surface area contributed by atoms with Gasteiger partial charge in [-0.2, -0.15) is 0 Å². The van der Waals surface area contributed by atoms with Crippen LogP contribution >= 0.6 is 0 Å². The van der Waals surface area contributed by atoms with Crippen molar-refractivity contribution in [1.29, 1.82) is 0 Å². The number of ether oxygens (including phenoxy) is 2. The zero-order valence-electron chi connectivity index (χ0n) is 37.2. The molecule has 4 amide bonds. The van der Waals surface area contributed by atoms with Crippen molar-refractivity contribution >= 4 is 24.0 Å². The van der Waals surface area contributed by atoms with Crippen LogP contribution in [0.5, 0.6) is 5.75 Å². The first kappa shape index (κ1) is 51.4. The number of unbranched alkanes of at least 4 members (excludes halogenated alkanes) is 4. The number of urea groups is 2. The highest BCUT2D eigenvalue weighted by Gasteiger charge is 2.38. The van der Waals surface area contributed by atoms with E-state index in [-0.39, 0.29) is 37.2 Å². The van der Waals surface area contributed by atoms with Crippen LogP contribution in [0.25, 0.3) is 0 Å². The third-order valence-corrected chi connectivity index (χ3v) is 10.9. The number of nitrogens with one attached hydrogen (secondary N) is 2. The van der Waals surface area contributed by atoms with Gasteiger partial charge in [0.05, 0.1) is 18.8 Å². The van der Waals surface area contributed by atoms with Gasteiger partial charge in [0.25, 0.3) is 0 Å². The lowest BCUT2D eigenvalue weighted by Gasteiger charge is -2.38. The van der Waals surface area contributed by atoms with Gasteiger partial charge in [-0.05, 0) is 74.8 Å². The molecule has 334 valence electrons. The van der Waals surface area contributed by atoms with Gasteiger partial charge in [-0.25, -0.2) is 9.59 Å². The molecule has 2 aromatic rings. The summed E-state index contributed by atoms with van der Waals surface area (Å²) in [5, 5.41) is 35.6. The molecule has 0 spiro atoms. The van der Waals surface area contributed by atoms with Crippen molar-refractivity contribution in [3.05, 3.63) is 59.7 Å². The van der Waals surface area contributed by atoms with E-state index in [2.05, 4.69) is 45.3 Å². The first-order valence-electron chi connectivity index (χ1n) is 22.4. The molecule has 3 aliphatic heterocycles. The summed E-state index contributed by atoms with van der Waals surface area (Å²) in [6.07, 6.45) is 12.4. The summed E-state index contributed by atoms with van der Waals surface area (Å²) in [6.45, 7) is 16.3. The number of carbonyl (C=O) groups excluding carboxylic acids is 3. The number of aliphatic hydroxyl groups excluding tert-OH is 3. The fourth-order valence-electron chi connectivity index (χ4n) is 7.60. The first-order chi connectivity index (χ1) is 28.4. The smallest absolute Gasteiger partial charge is 0.322 e. The summed E-state index contributed by atoms with van der Waals surface area (Å²) < 4.78 is 11.2. The number of nitrogens with zero attached hydrogens (tertiary/aromatic N) is 2. The second kappa shape index (κ2) is 29.5. The summed E-state index contributed by atoms with van der Waals surface area (Å²) in [7, 11) is 0. The van der Waals surface area contributed by atoms with Crippen molar-refractivity contribution in [2.75, 3.05) is 31.6 Å². The minimum atomic E-state index is -1.21. The van der Waals surface area contributed by atoms with Gasteiger partial charge in [0.15, 0.2) is 0 Å². The lowest BCUT2D eigenvalue weighted by atomic mass is 10.0. The van der Waals surface area contributed by atoms with Gasteiger partial charge in [0, 0.05) is 43.8 Å². The van der Waals surface area contributed by atoms with Gasteiger partial charge in [0.1, 0.15) is 18.1 Å². The number of benzene rings is 2. The Bertz CT molecular complexity index is 1430. The summed E-state index contributed by atoms with van der Waals surface area (Å²) in [4.78, 5) is 38.4. The van der Waals surface area contributed by atoms with Crippen molar-refractivity contribution in [2.24, 2.45) is 5.92 Å². The van der Waals surface area contributed by atoms with Gasteiger partial charge in [-0.1, -0.05) is 123 Å². The summed E-state index contributed by atoms with van der Waals surface area (Å²) in [6, 6.07) is 15.0. The zero-order chi connectivity index (χ0) is 43.6. The molecule has 0 radical (unpaired) electrons. The van der Waals surface area contributed by atoms with E-state index in [1.807, 2.05) is 53.1 Å². The average Bonchev–Trinajstić information content (AvgIpc) is 3.39. The molecule has 5 N–H and O–H groups in total. The van der Waals surface area contributed by atoms with E-state index in [0.29, 0.717) is 31.8 Å². The Balaban J connectivity index is 0.000000558. The van der Waals surface area contributed by atoms with E-state index in [1.165, 1.54) is 64.7 Å². The first-order valence-corrected chi connectivity index (χ1v) is 22.4. The number of likely N-dealkylation sites (tertiary alicyclic amines) is 1. The Morgan fingerprint density at radius 1 is 0.932 bits per heavy atom. The SMILES string of the molecule is CC=O.CCCC(C)CCC.CCCCCCC.C[C@@H](Cc1ccc(OC2OC(CO)CC(O)C2O)cc1)NC(=O)N1CCC(N2CCc3ccccc3NC2=O)CC1. The van der Waals surface area contributed by atoms with E-state index in [4.69, 9.17) is 14.3 Å². The largest absolute Gasteiger partial charge is 0.462 e. The normalized spacial score (nSPS) is 20.8. The number of piperidine rings is 1. The number of hydrogen-bond donors (Lipinski definition) is 5. The fraction of sp³-hybridized carbons (Fsp3) is 0.681. The maximum absolute atomic E-state index is 13.0. The molecule has 5 rings (SSSR count). The third kappa shape index (κ3) is 19.0. The van der Waals surface area contributed by atoms with Crippen LogP contribution in [0.1, 0.15) is 137 Å². The monoisotopic (exact) mass is 827 g/mol. The van der Waals surface area contributed by atoms with Crippen LogP contribution in [0.4, 0.5) is 15.3 Å². The maximum Gasteiger partial charge on any atom is 0.322 e. The topological polar surface area (TPSA) is 161 Å². The van der Waals surface area contributed by atoms with E-state index < -0.39 is 24.6 Å². The molecule has 3 aliphatic rings. The standard InChI is InChI=1S/C30H40N4O7.C8H18.C7H16.C2H4O/c1-19(16-20-6-8-23(9-7-20)40-28-27(37)26(36)17-24(18-35)41-28)31-29(38)33-13-11-22(12-14-33)34-15-10-21-4-2-3-5-25(21)32-30(34)39;1-4-6-8(3)7-5-2;1-3-5-7-6-4-2;1-2-3/h2-9,19,22,24,26-28,35-37H,10-18H2,1H3,(H,31,38)(H,32,39);8H,4-7H2,1-3H3;3-7H2,1-2H3;2H,1H3/t19-,24?,26?,27?,28?;;;/m0.../s1. The molecular weight excluding hydrogens is 749 g/mol. The lowest BCUT2D eigenvalue weighted by molar-refractivity contribution is -0.240. The predicted molar refractivity (Wildman–Crippen MR) is 237 cm³/mol. The van der Waals surface area contributed by atoms with Crippen LogP contribution in [0, 0.1) is 5.92 Å². The molecule has 0 aliphatic carbocycles. The zero-order valence-corrected chi connectivity index (χ0v) is 37.2. The van der Waals surface area contributed by atoms with Gasteiger partial charge in [-0.15, -0.1) is 0 Å². The van der Waals surface area contributed by atoms with E-state index in [0.717, 1.165) is 48.3 Å². The Morgan fingerprint density at radius 3 is 2.12 bits per heavy atom. The quantitative estimate of drug-likeness (QED) is 0.0883. The van der Waals surface area contributed by atoms with Crippen LogP contribution in [0.15, 0.2) is 48.5 Å². The molecule has 0 aromatic heterocycles. The highest BCUT2D eigenvalue weighted by Crippen LogP contribution is 2.26. The van der Waals surface area contributed by atoms with Crippen molar-refractivity contribution in [3.63, 3.8) is 0 Å². The Morgan fingerprint density at radius 2 is 1.54 bits per heavy atom. The number of carbonyl (C=O) groups is 3. The second-order valence-electron chi connectivity index (χ2n) is 16.1. The van der Waals surface area contributed by atoms with Crippen molar-refractivity contribution in [1.82, 2.24) is 15.1 Å². The highest BCUT2D eigenvalue weighted by atomic mass is 16.7. The number of aliphatic hydroxyl groups is 3. The molecule has 2 fully saturated rings. The van der Waals surface area contributed by atoms with Gasteiger partial charge < -0.3 is 50.0 Å². The molecule has 5 atom stereocenters. The number of amides is 4. The van der Waals surface area contributed by atoms with Gasteiger partial charge in [-0.3, -0.25) is 0 Å². The third-order valence-electron chi connectivity index (χ3n) is 10.9. The lowest BCUT2D eigenvalue weighted by Crippen LogP contribution is -2.53. The number of aldehydes is 1. The molecule has 12 nitrogen and oxygen atoms in total. The van der Waals surface area contributed by atoms with E-state index >= 15 is 0 Å². The minimum absolute atomic E-state index is 0.0720. The van der Waals surface area contributed by atoms with Crippen molar-refractivity contribution < 1.29 is 39.2 Å². The van der Waals surface area contributed by atoms with Gasteiger partial charge >= 0.3 is 12.1 Å². The molecule has 0 saturated carbocycles. The molecule has 2 saturated heterocycles. The number of hydrogen-bond acceptors (Lipinski definition) is 8. The molecule has 0 bridgehead atoms. The van der Waals surface area contributed by atoms with Crippen LogP contribution in [0.2, 0.25) is 0 Å². The molecule has 2 aromatic carbocycles. The molecular formula is C47H78N4O8. The summed E-state index contributed by atoms with van der Waals surface area (Å²) in [5.74, 6) is 1.43. The van der Waals surface area contributed by atoms with Crippen LogP contribution in [-0.2, 0) is 22.4 Å².